The zero-order chi connectivity index (χ0) is 15.4. The molecule has 1 atom stereocenters. The van der Waals surface area contributed by atoms with E-state index >= 15 is 0 Å². The average molecular weight is 336 g/mol. The maximum Gasteiger partial charge on any atom is 0.237 e. The van der Waals surface area contributed by atoms with Crippen LogP contribution < -0.4 is 10.6 Å². The van der Waals surface area contributed by atoms with E-state index in [2.05, 4.69) is 15.6 Å². The number of carbonyl (C=O) groups excluding carboxylic acids is 1. The summed E-state index contributed by atoms with van der Waals surface area (Å²) in [5.41, 5.74) is 2.08. The maximum absolute atomic E-state index is 11.9. The topological polar surface area (TPSA) is 54.0 Å². The molecule has 0 unspecified atom stereocenters. The van der Waals surface area contributed by atoms with Crippen LogP contribution >= 0.6 is 22.9 Å². The Hall–Kier alpha value is -1.43. The van der Waals surface area contributed by atoms with Crippen molar-refractivity contribution in [3.8, 4) is 10.6 Å². The van der Waals surface area contributed by atoms with Gasteiger partial charge in [0.25, 0.3) is 0 Å². The van der Waals surface area contributed by atoms with E-state index in [1.165, 1.54) is 0 Å². The highest BCUT2D eigenvalue weighted by Gasteiger charge is 2.21. The molecule has 2 heterocycles. The van der Waals surface area contributed by atoms with Gasteiger partial charge >= 0.3 is 0 Å². The highest BCUT2D eigenvalue weighted by atomic mass is 35.5. The molecular weight excluding hydrogens is 318 g/mol. The Labute approximate surface area is 138 Å². The van der Waals surface area contributed by atoms with Gasteiger partial charge in [0.05, 0.1) is 11.7 Å². The van der Waals surface area contributed by atoms with Crippen molar-refractivity contribution in [3.63, 3.8) is 0 Å². The summed E-state index contributed by atoms with van der Waals surface area (Å²) in [5, 5.41) is 9.93. The average Bonchev–Trinajstić information content (AvgIpc) is 3.19. The van der Waals surface area contributed by atoms with E-state index in [1.54, 1.807) is 11.3 Å². The fraction of sp³-hybridized carbons (Fsp3) is 0.375. The minimum atomic E-state index is -0.0138. The molecule has 0 spiro atoms. The lowest BCUT2D eigenvalue weighted by atomic mass is 10.2. The molecule has 1 amide bonds. The van der Waals surface area contributed by atoms with Crippen LogP contribution in [0.1, 0.15) is 18.5 Å². The molecule has 22 heavy (non-hydrogen) atoms. The molecule has 1 saturated heterocycles. The van der Waals surface area contributed by atoms with Crippen molar-refractivity contribution in [1.82, 2.24) is 15.6 Å². The van der Waals surface area contributed by atoms with Crippen molar-refractivity contribution >= 4 is 28.8 Å². The fourth-order valence-electron chi connectivity index (χ4n) is 2.49. The minimum absolute atomic E-state index is 0.0138. The van der Waals surface area contributed by atoms with E-state index in [0.717, 1.165) is 47.1 Å². The third kappa shape index (κ3) is 3.85. The van der Waals surface area contributed by atoms with Crippen molar-refractivity contribution in [3.05, 3.63) is 40.4 Å². The van der Waals surface area contributed by atoms with E-state index in [9.17, 15) is 4.79 Å². The molecule has 0 aliphatic carbocycles. The van der Waals surface area contributed by atoms with Crippen LogP contribution in [0.15, 0.2) is 29.6 Å². The molecule has 6 heteroatoms. The van der Waals surface area contributed by atoms with Gasteiger partial charge in [-0.2, -0.15) is 0 Å². The number of aromatic nitrogens is 1. The van der Waals surface area contributed by atoms with E-state index in [-0.39, 0.29) is 11.9 Å². The molecule has 1 aromatic heterocycles. The first-order valence-corrected chi connectivity index (χ1v) is 8.69. The summed E-state index contributed by atoms with van der Waals surface area (Å²) >= 11 is 7.51. The lowest BCUT2D eigenvalue weighted by Crippen LogP contribution is -2.41. The van der Waals surface area contributed by atoms with Gasteiger partial charge < -0.3 is 10.6 Å². The van der Waals surface area contributed by atoms with Crippen LogP contribution in [0, 0.1) is 0 Å². The van der Waals surface area contributed by atoms with Gasteiger partial charge in [-0.3, -0.25) is 4.79 Å². The predicted molar refractivity (Wildman–Crippen MR) is 90.3 cm³/mol. The molecule has 2 N–H and O–H groups in total. The van der Waals surface area contributed by atoms with Gasteiger partial charge in [-0.05, 0) is 31.5 Å². The van der Waals surface area contributed by atoms with Crippen molar-refractivity contribution in [2.24, 2.45) is 0 Å². The first-order valence-electron chi connectivity index (χ1n) is 7.44. The number of nitrogens with zero attached hydrogens (tertiary/aromatic N) is 1. The van der Waals surface area contributed by atoms with Crippen LogP contribution in [0.4, 0.5) is 0 Å². The molecule has 0 bridgehead atoms. The molecule has 2 aromatic rings. The van der Waals surface area contributed by atoms with Crippen LogP contribution in [0.25, 0.3) is 10.6 Å². The number of hydrogen-bond acceptors (Lipinski definition) is 4. The third-order valence-corrected chi connectivity index (χ3v) is 4.89. The molecule has 1 aromatic carbocycles. The number of carbonyl (C=O) groups is 1. The smallest absolute Gasteiger partial charge is 0.237 e. The Bertz CT molecular complexity index is 635. The highest BCUT2D eigenvalue weighted by molar-refractivity contribution is 7.13. The molecule has 116 valence electrons. The van der Waals surface area contributed by atoms with Crippen molar-refractivity contribution < 1.29 is 4.79 Å². The molecule has 3 rings (SSSR count). The first-order chi connectivity index (χ1) is 10.7. The SMILES string of the molecule is O=C(NCCc1csc(-c2ccc(Cl)cc2)n1)[C@@H]1CCCN1. The summed E-state index contributed by atoms with van der Waals surface area (Å²) in [6.45, 7) is 1.56. The minimum Gasteiger partial charge on any atom is -0.354 e. The number of thiazole rings is 1. The Balaban J connectivity index is 1.51. The number of nitrogens with one attached hydrogen (secondary N) is 2. The van der Waals surface area contributed by atoms with E-state index in [1.807, 2.05) is 29.6 Å². The molecule has 1 fully saturated rings. The van der Waals surface area contributed by atoms with E-state index in [0.29, 0.717) is 6.54 Å². The Morgan fingerprint density at radius 3 is 2.95 bits per heavy atom. The lowest BCUT2D eigenvalue weighted by Gasteiger charge is -2.10. The second kappa shape index (κ2) is 7.22. The van der Waals surface area contributed by atoms with Crippen LogP contribution in [-0.2, 0) is 11.2 Å². The van der Waals surface area contributed by atoms with E-state index in [4.69, 9.17) is 11.6 Å². The van der Waals surface area contributed by atoms with Gasteiger partial charge in [-0.25, -0.2) is 4.98 Å². The van der Waals surface area contributed by atoms with Crippen molar-refractivity contribution in [2.45, 2.75) is 25.3 Å². The Morgan fingerprint density at radius 2 is 2.23 bits per heavy atom. The molecular formula is C16H18ClN3OS. The lowest BCUT2D eigenvalue weighted by molar-refractivity contribution is -0.122. The van der Waals surface area contributed by atoms with Gasteiger partial charge in [0.15, 0.2) is 0 Å². The number of benzene rings is 1. The zero-order valence-electron chi connectivity index (χ0n) is 12.1. The van der Waals surface area contributed by atoms with Crippen molar-refractivity contribution in [2.75, 3.05) is 13.1 Å². The van der Waals surface area contributed by atoms with Gasteiger partial charge in [-0.1, -0.05) is 23.7 Å². The number of rotatable bonds is 5. The molecule has 4 nitrogen and oxygen atoms in total. The quantitative estimate of drug-likeness (QED) is 0.883. The number of amides is 1. The van der Waals surface area contributed by atoms with Gasteiger partial charge in [0.1, 0.15) is 5.01 Å². The number of halogens is 1. The van der Waals surface area contributed by atoms with Gasteiger partial charge in [0, 0.05) is 28.9 Å². The van der Waals surface area contributed by atoms with Gasteiger partial charge in [-0.15, -0.1) is 11.3 Å². The first kappa shape index (κ1) is 15.5. The standard InChI is InChI=1S/C16H18ClN3OS/c17-12-5-3-11(4-6-12)16-20-13(10-22-16)7-9-19-15(21)14-2-1-8-18-14/h3-6,10,14,18H,1-2,7-9H2,(H,19,21)/t14-/m0/s1. The fourth-order valence-corrected chi connectivity index (χ4v) is 3.48. The summed E-state index contributed by atoms with van der Waals surface area (Å²) in [7, 11) is 0. The molecule has 0 saturated carbocycles. The zero-order valence-corrected chi connectivity index (χ0v) is 13.7. The summed E-state index contributed by atoms with van der Waals surface area (Å²) < 4.78 is 0. The van der Waals surface area contributed by atoms with Crippen LogP contribution in [0.5, 0.6) is 0 Å². The Morgan fingerprint density at radius 1 is 1.41 bits per heavy atom. The predicted octanol–water partition coefficient (Wildman–Crippen LogP) is 2.87. The monoisotopic (exact) mass is 335 g/mol. The second-order valence-corrected chi connectivity index (χ2v) is 6.64. The maximum atomic E-state index is 11.9. The van der Waals surface area contributed by atoms with Crippen LogP contribution in [0.2, 0.25) is 5.02 Å². The van der Waals surface area contributed by atoms with Crippen molar-refractivity contribution in [1.29, 1.82) is 0 Å². The summed E-state index contributed by atoms with van der Waals surface area (Å²) in [6, 6.07) is 7.66. The summed E-state index contributed by atoms with van der Waals surface area (Å²) in [5.74, 6) is 0.102. The summed E-state index contributed by atoms with van der Waals surface area (Å²) in [4.78, 5) is 16.5. The normalized spacial score (nSPS) is 17.6. The number of hydrogen-bond donors (Lipinski definition) is 2. The molecule has 1 aliphatic heterocycles. The largest absolute Gasteiger partial charge is 0.354 e. The highest BCUT2D eigenvalue weighted by Crippen LogP contribution is 2.25. The van der Waals surface area contributed by atoms with Crippen LogP contribution in [0.3, 0.4) is 0 Å². The molecule has 0 radical (unpaired) electrons. The Kier molecular flexibility index (Phi) is 5.08. The van der Waals surface area contributed by atoms with E-state index < -0.39 is 0 Å². The molecule has 1 aliphatic rings. The summed E-state index contributed by atoms with van der Waals surface area (Å²) in [6.07, 6.45) is 2.76. The third-order valence-electron chi connectivity index (χ3n) is 3.70. The van der Waals surface area contributed by atoms with Gasteiger partial charge in [0.2, 0.25) is 5.91 Å². The van der Waals surface area contributed by atoms with Crippen LogP contribution in [-0.4, -0.2) is 30.0 Å². The second-order valence-electron chi connectivity index (χ2n) is 5.34.